The maximum Gasteiger partial charge on any atom is 0.171 e. The van der Waals surface area contributed by atoms with Crippen molar-refractivity contribution in [3.05, 3.63) is 0 Å². The monoisotopic (exact) mass is 271 g/mol. The van der Waals surface area contributed by atoms with Crippen molar-refractivity contribution in [3.8, 4) is 0 Å². The van der Waals surface area contributed by atoms with Crippen LogP contribution in [0, 0.1) is 5.41 Å². The highest BCUT2D eigenvalue weighted by atomic mass is 127. The summed E-state index contributed by atoms with van der Waals surface area (Å²) in [6.45, 7) is 6.22. The Morgan fingerprint density at radius 2 is 1.45 bits per heavy atom. The Labute approximate surface area is 82.7 Å². The topological polar surface area (TPSA) is 46.2 Å². The van der Waals surface area contributed by atoms with Crippen molar-refractivity contribution in [1.82, 2.24) is 0 Å². The molecular formula is C8H18INO. The van der Waals surface area contributed by atoms with E-state index in [4.69, 9.17) is 5.73 Å². The van der Waals surface area contributed by atoms with Crippen molar-refractivity contribution in [3.63, 3.8) is 0 Å². The standard InChI is InChI=1S/C8H18INO/c1-4-7(5-2,6-3)8(9,10)11/h11H,4-6,10H2,1-3H3. The zero-order chi connectivity index (χ0) is 9.12. The molecule has 0 aromatic carbocycles. The fraction of sp³-hybridized carbons (Fsp3) is 1.00. The molecule has 0 spiro atoms. The van der Waals surface area contributed by atoms with E-state index in [1.54, 1.807) is 0 Å². The van der Waals surface area contributed by atoms with Gasteiger partial charge in [-0.05, 0) is 41.9 Å². The molecule has 0 aromatic rings. The summed E-state index contributed by atoms with van der Waals surface area (Å²) in [4.78, 5) is 0. The van der Waals surface area contributed by atoms with Crippen LogP contribution in [0.4, 0.5) is 0 Å². The third-order valence-corrected chi connectivity index (χ3v) is 3.92. The minimum atomic E-state index is -1.07. The zero-order valence-corrected chi connectivity index (χ0v) is 9.68. The molecule has 0 aliphatic heterocycles. The molecule has 0 radical (unpaired) electrons. The van der Waals surface area contributed by atoms with Gasteiger partial charge in [-0.25, -0.2) is 0 Å². The number of hydrogen-bond acceptors (Lipinski definition) is 2. The third kappa shape index (κ3) is 2.29. The second-order valence-electron chi connectivity index (χ2n) is 3.01. The molecule has 0 aliphatic carbocycles. The second kappa shape index (κ2) is 4.05. The molecule has 0 amide bonds. The number of rotatable bonds is 4. The van der Waals surface area contributed by atoms with Crippen LogP contribution in [-0.2, 0) is 0 Å². The molecule has 0 aliphatic rings. The van der Waals surface area contributed by atoms with Crippen LogP contribution in [0.5, 0.6) is 0 Å². The first-order valence-corrected chi connectivity index (χ1v) is 5.21. The molecule has 3 N–H and O–H groups in total. The molecule has 0 aromatic heterocycles. The molecule has 0 heterocycles. The summed E-state index contributed by atoms with van der Waals surface area (Å²) < 4.78 is -1.07. The van der Waals surface area contributed by atoms with Gasteiger partial charge in [0.2, 0.25) is 0 Å². The van der Waals surface area contributed by atoms with E-state index in [-0.39, 0.29) is 5.41 Å². The maximum atomic E-state index is 9.69. The minimum Gasteiger partial charge on any atom is -0.367 e. The summed E-state index contributed by atoms with van der Waals surface area (Å²) in [6, 6.07) is 0. The van der Waals surface area contributed by atoms with Crippen LogP contribution in [0.15, 0.2) is 0 Å². The number of hydrogen-bond donors (Lipinski definition) is 2. The summed E-state index contributed by atoms with van der Waals surface area (Å²) in [6.07, 6.45) is 2.78. The van der Waals surface area contributed by atoms with E-state index in [0.717, 1.165) is 19.3 Å². The van der Waals surface area contributed by atoms with E-state index >= 15 is 0 Å². The molecule has 2 nitrogen and oxygen atoms in total. The van der Waals surface area contributed by atoms with E-state index < -0.39 is 3.73 Å². The van der Waals surface area contributed by atoms with E-state index in [0.29, 0.717) is 0 Å². The highest BCUT2D eigenvalue weighted by Crippen LogP contribution is 2.42. The van der Waals surface area contributed by atoms with Gasteiger partial charge in [0.15, 0.2) is 3.73 Å². The highest BCUT2D eigenvalue weighted by Gasteiger charge is 2.41. The lowest BCUT2D eigenvalue weighted by Gasteiger charge is -2.39. The molecule has 11 heavy (non-hydrogen) atoms. The largest absolute Gasteiger partial charge is 0.367 e. The van der Waals surface area contributed by atoms with Gasteiger partial charge >= 0.3 is 0 Å². The van der Waals surface area contributed by atoms with Crippen molar-refractivity contribution in [2.24, 2.45) is 11.1 Å². The zero-order valence-electron chi connectivity index (χ0n) is 7.52. The Kier molecular flexibility index (Phi) is 4.29. The normalized spacial score (nSPS) is 18.0. The first-order chi connectivity index (χ1) is 4.93. The van der Waals surface area contributed by atoms with Gasteiger partial charge in [0.25, 0.3) is 0 Å². The molecule has 0 bridgehead atoms. The molecule has 1 unspecified atom stereocenters. The van der Waals surface area contributed by atoms with Crippen LogP contribution in [0.1, 0.15) is 40.0 Å². The van der Waals surface area contributed by atoms with Crippen LogP contribution in [0.25, 0.3) is 0 Å². The predicted molar refractivity (Wildman–Crippen MR) is 56.5 cm³/mol. The second-order valence-corrected chi connectivity index (χ2v) is 4.66. The fourth-order valence-corrected chi connectivity index (χ4v) is 2.64. The van der Waals surface area contributed by atoms with Gasteiger partial charge in [-0.3, -0.25) is 5.73 Å². The van der Waals surface area contributed by atoms with Crippen molar-refractivity contribution < 1.29 is 5.11 Å². The van der Waals surface area contributed by atoms with E-state index in [9.17, 15) is 5.11 Å². The smallest absolute Gasteiger partial charge is 0.171 e. The molecule has 0 rings (SSSR count). The van der Waals surface area contributed by atoms with Gasteiger partial charge in [0.1, 0.15) is 0 Å². The number of aliphatic hydroxyl groups is 1. The third-order valence-electron chi connectivity index (χ3n) is 2.77. The average molecular weight is 271 g/mol. The lowest BCUT2D eigenvalue weighted by molar-refractivity contribution is 0.00350. The lowest BCUT2D eigenvalue weighted by Crippen LogP contribution is -2.49. The van der Waals surface area contributed by atoms with Crippen LogP contribution in [-0.4, -0.2) is 8.84 Å². The Morgan fingerprint density at radius 1 is 1.18 bits per heavy atom. The molecule has 68 valence electrons. The molecule has 1 atom stereocenters. The van der Waals surface area contributed by atoms with Gasteiger partial charge < -0.3 is 5.11 Å². The Balaban J connectivity index is 4.54. The summed E-state index contributed by atoms with van der Waals surface area (Å²) in [5, 5.41) is 9.69. The van der Waals surface area contributed by atoms with E-state index in [1.165, 1.54) is 0 Å². The van der Waals surface area contributed by atoms with E-state index in [2.05, 4.69) is 20.8 Å². The fourth-order valence-electron chi connectivity index (χ4n) is 1.49. The lowest BCUT2D eigenvalue weighted by atomic mass is 9.78. The summed E-state index contributed by atoms with van der Waals surface area (Å²) >= 11 is 1.92. The highest BCUT2D eigenvalue weighted by molar-refractivity contribution is 14.1. The summed E-state index contributed by atoms with van der Waals surface area (Å²) in [5.74, 6) is 0. The van der Waals surface area contributed by atoms with Gasteiger partial charge in [0, 0.05) is 5.41 Å². The molecule has 0 fully saturated rings. The van der Waals surface area contributed by atoms with Gasteiger partial charge in [-0.2, -0.15) is 0 Å². The van der Waals surface area contributed by atoms with Gasteiger partial charge in [0.05, 0.1) is 0 Å². The van der Waals surface area contributed by atoms with Gasteiger partial charge in [-0.15, -0.1) is 0 Å². The Morgan fingerprint density at radius 3 is 1.45 bits per heavy atom. The van der Waals surface area contributed by atoms with Crippen LogP contribution in [0.3, 0.4) is 0 Å². The van der Waals surface area contributed by atoms with Gasteiger partial charge in [-0.1, -0.05) is 20.8 Å². The first-order valence-electron chi connectivity index (χ1n) is 4.13. The van der Waals surface area contributed by atoms with Crippen LogP contribution < -0.4 is 5.73 Å². The average Bonchev–Trinajstić information content (AvgIpc) is 1.90. The number of alkyl halides is 1. The first kappa shape index (κ1) is 11.6. The predicted octanol–water partition coefficient (Wildman–Crippen LogP) is 2.24. The molecular weight excluding hydrogens is 253 g/mol. The van der Waals surface area contributed by atoms with Crippen molar-refractivity contribution in [1.29, 1.82) is 0 Å². The van der Waals surface area contributed by atoms with Crippen molar-refractivity contribution >= 4 is 22.6 Å². The van der Waals surface area contributed by atoms with E-state index in [1.807, 2.05) is 22.6 Å². The molecule has 0 saturated heterocycles. The Bertz CT molecular complexity index is 107. The number of halogens is 1. The van der Waals surface area contributed by atoms with Crippen molar-refractivity contribution in [2.45, 2.75) is 43.8 Å². The Hall–Kier alpha value is 0.650. The van der Waals surface area contributed by atoms with Crippen LogP contribution in [0.2, 0.25) is 0 Å². The summed E-state index contributed by atoms with van der Waals surface area (Å²) in [5.41, 5.74) is 5.57. The van der Waals surface area contributed by atoms with Crippen molar-refractivity contribution in [2.75, 3.05) is 0 Å². The number of nitrogens with two attached hydrogens (primary N) is 1. The summed E-state index contributed by atoms with van der Waals surface area (Å²) in [7, 11) is 0. The minimum absolute atomic E-state index is 0.118. The molecule has 0 saturated carbocycles. The SMILES string of the molecule is CCC(CC)(CC)C(N)(O)I. The maximum absolute atomic E-state index is 9.69. The van der Waals surface area contributed by atoms with Crippen LogP contribution >= 0.6 is 22.6 Å². The molecule has 3 heteroatoms. The quantitative estimate of drug-likeness (QED) is 0.356.